The van der Waals surface area contributed by atoms with Gasteiger partial charge in [0.05, 0.1) is 18.9 Å². The van der Waals surface area contributed by atoms with Crippen LogP contribution in [0.4, 0.5) is 0 Å². The van der Waals surface area contributed by atoms with Crippen molar-refractivity contribution in [1.82, 2.24) is 19.6 Å². The van der Waals surface area contributed by atoms with Gasteiger partial charge in [-0.2, -0.15) is 0 Å². The fourth-order valence-corrected chi connectivity index (χ4v) is 5.29. The number of fused-ring (bicyclic) bond motifs is 6. The summed E-state index contributed by atoms with van der Waals surface area (Å²) in [5, 5.41) is 11.5. The number of methoxy groups -OCH3 is 1. The molecule has 6 aromatic rings. The number of rotatable bonds is 6. The molecule has 0 bridgehead atoms. The van der Waals surface area contributed by atoms with E-state index in [1.807, 2.05) is 48.5 Å². The van der Waals surface area contributed by atoms with Gasteiger partial charge in [-0.25, -0.2) is 14.5 Å². The molecular formula is C31H22ClN5O3. The Balaban J connectivity index is 1.32. The molecule has 40 heavy (non-hydrogen) atoms. The Morgan fingerprint density at radius 2 is 1.80 bits per heavy atom. The molecule has 196 valence electrons. The summed E-state index contributed by atoms with van der Waals surface area (Å²) in [6, 6.07) is 27.8. The fourth-order valence-electron chi connectivity index (χ4n) is 5.11. The summed E-state index contributed by atoms with van der Waals surface area (Å²) in [7, 11) is 1.66. The van der Waals surface area contributed by atoms with Crippen LogP contribution in [0.3, 0.4) is 0 Å². The predicted molar refractivity (Wildman–Crippen MR) is 153 cm³/mol. The number of benzene rings is 4. The van der Waals surface area contributed by atoms with Gasteiger partial charge in [-0.3, -0.25) is 0 Å². The highest BCUT2D eigenvalue weighted by atomic mass is 35.5. The first-order valence-electron chi connectivity index (χ1n) is 12.7. The number of ether oxygens (including phenoxy) is 2. The van der Waals surface area contributed by atoms with Crippen molar-refractivity contribution in [1.29, 1.82) is 0 Å². The molecular weight excluding hydrogens is 526 g/mol. The fraction of sp³-hybridized carbons (Fsp3) is 0.0968. The molecule has 1 aliphatic heterocycles. The van der Waals surface area contributed by atoms with E-state index < -0.39 is 0 Å². The van der Waals surface area contributed by atoms with Crippen LogP contribution in [0.2, 0.25) is 5.02 Å². The van der Waals surface area contributed by atoms with Crippen LogP contribution >= 0.6 is 11.6 Å². The smallest absolute Gasteiger partial charge is 0.228 e. The molecule has 3 heterocycles. The van der Waals surface area contributed by atoms with Crippen LogP contribution in [0.1, 0.15) is 34.0 Å². The zero-order valence-electron chi connectivity index (χ0n) is 21.4. The highest BCUT2D eigenvalue weighted by Crippen LogP contribution is 2.50. The summed E-state index contributed by atoms with van der Waals surface area (Å²) in [6.07, 6.45) is 3.17. The molecule has 0 N–H and O–H groups in total. The third-order valence-corrected chi connectivity index (χ3v) is 7.30. The van der Waals surface area contributed by atoms with E-state index in [0.29, 0.717) is 22.4 Å². The van der Waals surface area contributed by atoms with Crippen molar-refractivity contribution in [3.8, 4) is 17.4 Å². The summed E-state index contributed by atoms with van der Waals surface area (Å²) < 4.78 is 13.5. The molecule has 4 aromatic carbocycles. The average molecular weight is 548 g/mol. The third kappa shape index (κ3) is 4.19. The Labute approximate surface area is 234 Å². The molecule has 9 heteroatoms. The largest absolute Gasteiger partial charge is 0.497 e. The van der Waals surface area contributed by atoms with E-state index in [-0.39, 0.29) is 12.5 Å². The topological polar surface area (TPSA) is 83.1 Å². The van der Waals surface area contributed by atoms with Gasteiger partial charge in [0.1, 0.15) is 17.8 Å². The first-order chi connectivity index (χ1) is 19.7. The van der Waals surface area contributed by atoms with Crippen LogP contribution in [-0.2, 0) is 11.4 Å². The van der Waals surface area contributed by atoms with Gasteiger partial charge in [-0.15, -0.1) is 5.10 Å². The van der Waals surface area contributed by atoms with Crippen molar-refractivity contribution in [2.45, 2.75) is 12.5 Å². The van der Waals surface area contributed by atoms with E-state index in [1.165, 1.54) is 0 Å². The number of oxime groups is 1. The van der Waals surface area contributed by atoms with E-state index in [1.54, 1.807) is 30.2 Å². The van der Waals surface area contributed by atoms with Crippen molar-refractivity contribution in [3.63, 3.8) is 0 Å². The number of hydrogen-bond donors (Lipinski definition) is 0. The van der Waals surface area contributed by atoms with Crippen LogP contribution in [0.5, 0.6) is 17.4 Å². The first kappa shape index (κ1) is 24.1. The SMILES string of the molecule is COc1ccc([C@H]2c3c(ccc4ccccc34)Oc3ncn4nc(CO/N=C\c5ccccc5Cl)nc4c32)cc1. The Hall–Kier alpha value is -4.95. The number of nitrogens with zero attached hydrogens (tertiary/aromatic N) is 5. The highest BCUT2D eigenvalue weighted by molar-refractivity contribution is 6.33. The number of aromatic nitrogens is 4. The highest BCUT2D eigenvalue weighted by Gasteiger charge is 2.34. The minimum Gasteiger partial charge on any atom is -0.497 e. The van der Waals surface area contributed by atoms with E-state index in [9.17, 15) is 0 Å². The molecule has 0 spiro atoms. The van der Waals surface area contributed by atoms with Crippen LogP contribution in [-0.4, -0.2) is 32.9 Å². The van der Waals surface area contributed by atoms with E-state index in [0.717, 1.165) is 44.5 Å². The lowest BCUT2D eigenvalue weighted by molar-refractivity contribution is 0.126. The van der Waals surface area contributed by atoms with Gasteiger partial charge in [0, 0.05) is 22.1 Å². The zero-order valence-corrected chi connectivity index (χ0v) is 22.1. The van der Waals surface area contributed by atoms with E-state index in [2.05, 4.69) is 45.6 Å². The van der Waals surface area contributed by atoms with E-state index in [4.69, 9.17) is 30.9 Å². The molecule has 0 saturated heterocycles. The lowest BCUT2D eigenvalue weighted by Gasteiger charge is -2.29. The van der Waals surface area contributed by atoms with E-state index >= 15 is 0 Å². The minimum atomic E-state index is -0.205. The molecule has 0 radical (unpaired) electrons. The summed E-state index contributed by atoms with van der Waals surface area (Å²) in [6.45, 7) is 0.0744. The third-order valence-electron chi connectivity index (χ3n) is 6.96. The van der Waals surface area contributed by atoms with Crippen LogP contribution in [0.15, 0.2) is 96.4 Å². The van der Waals surface area contributed by atoms with Gasteiger partial charge in [-0.1, -0.05) is 77.4 Å². The summed E-state index contributed by atoms with van der Waals surface area (Å²) >= 11 is 6.19. The van der Waals surface area contributed by atoms with Gasteiger partial charge < -0.3 is 14.3 Å². The summed E-state index contributed by atoms with van der Waals surface area (Å²) in [4.78, 5) is 15.0. The van der Waals surface area contributed by atoms with Gasteiger partial charge in [0.2, 0.25) is 5.88 Å². The summed E-state index contributed by atoms with van der Waals surface area (Å²) in [5.74, 6) is 2.30. The molecule has 0 fully saturated rings. The Morgan fingerprint density at radius 3 is 2.65 bits per heavy atom. The van der Waals surface area contributed by atoms with Gasteiger partial charge in [0.25, 0.3) is 0 Å². The average Bonchev–Trinajstić information content (AvgIpc) is 3.42. The molecule has 0 unspecified atom stereocenters. The second-order valence-electron chi connectivity index (χ2n) is 9.30. The van der Waals surface area contributed by atoms with Gasteiger partial charge >= 0.3 is 0 Å². The first-order valence-corrected chi connectivity index (χ1v) is 13.0. The minimum absolute atomic E-state index is 0.0744. The monoisotopic (exact) mass is 547 g/mol. The van der Waals surface area contributed by atoms with Crippen LogP contribution < -0.4 is 9.47 Å². The Morgan fingerprint density at radius 1 is 0.975 bits per heavy atom. The van der Waals surface area contributed by atoms with Crippen molar-refractivity contribution in [3.05, 3.63) is 124 Å². The number of hydrogen-bond acceptors (Lipinski definition) is 7. The summed E-state index contributed by atoms with van der Waals surface area (Å²) in [5.41, 5.74) is 4.34. The second-order valence-corrected chi connectivity index (χ2v) is 9.70. The zero-order chi connectivity index (χ0) is 27.1. The van der Waals surface area contributed by atoms with Gasteiger partial charge in [-0.05, 0) is 40.6 Å². The Bertz CT molecular complexity index is 1900. The standard InChI is InChI=1S/C31H22ClN5O3/c1-38-22-13-10-20(11-14-22)27-28-23-8-4-2-6-19(23)12-15-25(28)40-31-29(27)30-35-26(36-37(30)18-33-31)17-39-34-16-21-7-3-5-9-24(21)32/h2-16,18,27H,17H2,1H3/b34-16-/t27-/m0/s1. The Kier molecular flexibility index (Phi) is 6.02. The maximum absolute atomic E-state index is 6.37. The van der Waals surface area contributed by atoms with Crippen molar-refractivity contribution in [2.24, 2.45) is 5.16 Å². The lowest BCUT2D eigenvalue weighted by atomic mass is 9.81. The lowest BCUT2D eigenvalue weighted by Crippen LogP contribution is -2.15. The molecule has 0 amide bonds. The molecule has 2 aromatic heterocycles. The predicted octanol–water partition coefficient (Wildman–Crippen LogP) is 6.78. The van der Waals surface area contributed by atoms with Crippen LogP contribution in [0, 0.1) is 0 Å². The normalized spacial score (nSPS) is 14.2. The van der Waals surface area contributed by atoms with Gasteiger partial charge in [0.15, 0.2) is 18.1 Å². The quantitative estimate of drug-likeness (QED) is 0.169. The van der Waals surface area contributed by atoms with Crippen molar-refractivity contribution in [2.75, 3.05) is 7.11 Å². The maximum Gasteiger partial charge on any atom is 0.228 e. The number of halogens is 1. The van der Waals surface area contributed by atoms with Crippen LogP contribution in [0.25, 0.3) is 16.4 Å². The molecule has 1 atom stereocenters. The molecule has 1 aliphatic rings. The maximum atomic E-state index is 6.37. The molecule has 0 saturated carbocycles. The molecule has 7 rings (SSSR count). The molecule has 0 aliphatic carbocycles. The second kappa shape index (κ2) is 9.98. The van der Waals surface area contributed by atoms with Crippen molar-refractivity contribution >= 4 is 34.2 Å². The molecule has 8 nitrogen and oxygen atoms in total. The van der Waals surface area contributed by atoms with Crippen molar-refractivity contribution < 1.29 is 14.3 Å².